The van der Waals surface area contributed by atoms with Crippen LogP contribution in [0.5, 0.6) is 0 Å². The normalized spacial score (nSPS) is 22.9. The van der Waals surface area contributed by atoms with Crippen molar-refractivity contribution in [3.8, 4) is 0 Å². The zero-order chi connectivity index (χ0) is 18.8. The number of halogens is 1. The Morgan fingerprint density at radius 3 is 2.30 bits per heavy atom. The Kier molecular flexibility index (Phi) is 5.09. The van der Waals surface area contributed by atoms with E-state index in [9.17, 15) is 9.18 Å². The molecular formula is C21H25FN4O. The molecule has 2 atom stereocenters. The number of carbonyl (C=O) groups excluding carboxylic acids is 1. The second kappa shape index (κ2) is 7.66. The number of anilines is 1. The van der Waals surface area contributed by atoms with Crippen LogP contribution in [0.4, 0.5) is 10.1 Å². The Bertz CT molecular complexity index is 785. The summed E-state index contributed by atoms with van der Waals surface area (Å²) in [4.78, 5) is 17.0. The van der Waals surface area contributed by atoms with E-state index in [1.165, 1.54) is 23.3 Å². The first kappa shape index (κ1) is 17.9. The topological polar surface area (TPSA) is 47.6 Å². The number of nitrogens with zero attached hydrogens (tertiary/aromatic N) is 2. The van der Waals surface area contributed by atoms with Crippen molar-refractivity contribution in [2.45, 2.75) is 25.4 Å². The minimum absolute atomic E-state index is 0.149. The fourth-order valence-corrected chi connectivity index (χ4v) is 3.79. The largest absolute Gasteiger partial charge is 0.368 e. The first-order valence-corrected chi connectivity index (χ1v) is 9.47. The number of hydrogen-bond acceptors (Lipinski definition) is 4. The third-order valence-electron chi connectivity index (χ3n) is 5.46. The van der Waals surface area contributed by atoms with E-state index in [1.807, 2.05) is 4.90 Å². The van der Waals surface area contributed by atoms with Crippen LogP contribution in [0.3, 0.4) is 0 Å². The van der Waals surface area contributed by atoms with Gasteiger partial charge in [-0.1, -0.05) is 29.8 Å². The van der Waals surface area contributed by atoms with E-state index in [-0.39, 0.29) is 23.8 Å². The van der Waals surface area contributed by atoms with Crippen LogP contribution in [-0.4, -0.2) is 43.0 Å². The molecule has 0 saturated carbocycles. The number of nitrogens with one attached hydrogen (secondary N) is 2. The summed E-state index contributed by atoms with van der Waals surface area (Å²) in [5.74, 6) is -0.0774. The van der Waals surface area contributed by atoms with Crippen molar-refractivity contribution in [3.05, 3.63) is 65.5 Å². The molecular weight excluding hydrogens is 343 g/mol. The third kappa shape index (κ3) is 3.96. The maximum absolute atomic E-state index is 13.1. The van der Waals surface area contributed by atoms with Gasteiger partial charge in [-0.3, -0.25) is 4.79 Å². The molecule has 27 heavy (non-hydrogen) atoms. The molecule has 0 bridgehead atoms. The van der Waals surface area contributed by atoms with Gasteiger partial charge in [0.25, 0.3) is 0 Å². The molecule has 6 heteroatoms. The van der Waals surface area contributed by atoms with E-state index in [0.717, 1.165) is 25.2 Å². The van der Waals surface area contributed by atoms with Crippen LogP contribution in [0.2, 0.25) is 0 Å². The third-order valence-corrected chi connectivity index (χ3v) is 5.46. The summed E-state index contributed by atoms with van der Waals surface area (Å²) >= 11 is 0. The standard InChI is InChI=1S/C21H25FN4O/c1-15-2-4-16(5-3-15)19-14-20(24-23-19)21(27)26-12-10-25(11-13-26)18-8-6-17(22)7-9-18/h2-9,19-20,23-24H,10-14H2,1H3. The van der Waals surface area contributed by atoms with Crippen molar-refractivity contribution >= 4 is 11.6 Å². The Balaban J connectivity index is 1.32. The Labute approximate surface area is 159 Å². The number of aryl methyl sites for hydroxylation is 1. The quantitative estimate of drug-likeness (QED) is 0.873. The monoisotopic (exact) mass is 368 g/mol. The van der Waals surface area contributed by atoms with E-state index in [1.54, 1.807) is 12.1 Å². The summed E-state index contributed by atoms with van der Waals surface area (Å²) < 4.78 is 13.1. The lowest BCUT2D eigenvalue weighted by Gasteiger charge is -2.37. The molecule has 2 unspecified atom stereocenters. The van der Waals surface area contributed by atoms with E-state index < -0.39 is 0 Å². The molecule has 4 rings (SSSR count). The van der Waals surface area contributed by atoms with Gasteiger partial charge >= 0.3 is 0 Å². The number of amides is 1. The second-order valence-corrected chi connectivity index (χ2v) is 7.33. The molecule has 2 N–H and O–H groups in total. The minimum atomic E-state index is -0.226. The molecule has 2 saturated heterocycles. The zero-order valence-electron chi connectivity index (χ0n) is 15.5. The number of carbonyl (C=O) groups is 1. The smallest absolute Gasteiger partial charge is 0.241 e. The summed E-state index contributed by atoms with van der Waals surface area (Å²) in [5, 5.41) is 0. The summed E-state index contributed by atoms with van der Waals surface area (Å²) in [5.41, 5.74) is 9.86. The first-order chi connectivity index (χ1) is 13.1. The number of rotatable bonds is 3. The van der Waals surface area contributed by atoms with Gasteiger partial charge in [0, 0.05) is 37.9 Å². The fraction of sp³-hybridized carbons (Fsp3) is 0.381. The molecule has 0 aromatic heterocycles. The van der Waals surface area contributed by atoms with Gasteiger partial charge in [-0.15, -0.1) is 0 Å². The molecule has 2 fully saturated rings. The predicted octanol–water partition coefficient (Wildman–Crippen LogP) is 2.39. The van der Waals surface area contributed by atoms with Crippen molar-refractivity contribution in [3.63, 3.8) is 0 Å². The lowest BCUT2D eigenvalue weighted by Crippen LogP contribution is -2.53. The van der Waals surface area contributed by atoms with Crippen LogP contribution in [0.15, 0.2) is 48.5 Å². The van der Waals surface area contributed by atoms with Gasteiger partial charge in [0.2, 0.25) is 5.91 Å². The molecule has 1 amide bonds. The Morgan fingerprint density at radius 2 is 1.63 bits per heavy atom. The average Bonchev–Trinajstić information content (AvgIpc) is 3.19. The molecule has 0 spiro atoms. The number of hydrazine groups is 1. The number of piperazine rings is 1. The maximum Gasteiger partial charge on any atom is 0.241 e. The van der Waals surface area contributed by atoms with E-state index >= 15 is 0 Å². The van der Waals surface area contributed by atoms with E-state index in [2.05, 4.69) is 46.9 Å². The van der Waals surface area contributed by atoms with Crippen LogP contribution < -0.4 is 15.8 Å². The summed E-state index contributed by atoms with van der Waals surface area (Å²) in [6, 6.07) is 14.9. The molecule has 2 aromatic carbocycles. The first-order valence-electron chi connectivity index (χ1n) is 9.47. The van der Waals surface area contributed by atoms with Gasteiger partial charge in [0.05, 0.1) is 0 Å². The van der Waals surface area contributed by atoms with Gasteiger partial charge in [0.1, 0.15) is 11.9 Å². The van der Waals surface area contributed by atoms with Crippen LogP contribution in [-0.2, 0) is 4.79 Å². The summed E-state index contributed by atoms with van der Waals surface area (Å²) in [6.07, 6.45) is 0.750. The van der Waals surface area contributed by atoms with Gasteiger partial charge < -0.3 is 9.80 Å². The van der Waals surface area contributed by atoms with Gasteiger partial charge in [-0.2, -0.15) is 0 Å². The molecule has 2 aliphatic rings. The fourth-order valence-electron chi connectivity index (χ4n) is 3.79. The lowest BCUT2D eigenvalue weighted by molar-refractivity contribution is -0.133. The van der Waals surface area contributed by atoms with Gasteiger partial charge in [0.15, 0.2) is 0 Å². The highest BCUT2D eigenvalue weighted by molar-refractivity contribution is 5.82. The van der Waals surface area contributed by atoms with E-state index in [4.69, 9.17) is 0 Å². The highest BCUT2D eigenvalue weighted by Crippen LogP contribution is 2.24. The molecule has 5 nitrogen and oxygen atoms in total. The molecule has 2 aliphatic heterocycles. The van der Waals surface area contributed by atoms with Crippen LogP contribution in [0.25, 0.3) is 0 Å². The van der Waals surface area contributed by atoms with E-state index in [0.29, 0.717) is 13.1 Å². The Morgan fingerprint density at radius 1 is 0.963 bits per heavy atom. The van der Waals surface area contributed by atoms with Gasteiger partial charge in [-0.05, 0) is 43.2 Å². The van der Waals surface area contributed by atoms with Crippen LogP contribution in [0.1, 0.15) is 23.6 Å². The average molecular weight is 368 g/mol. The summed E-state index contributed by atoms with van der Waals surface area (Å²) in [7, 11) is 0. The zero-order valence-corrected chi connectivity index (χ0v) is 15.5. The molecule has 0 radical (unpaired) electrons. The maximum atomic E-state index is 13.1. The van der Waals surface area contributed by atoms with Crippen molar-refractivity contribution in [2.24, 2.45) is 0 Å². The number of benzene rings is 2. The van der Waals surface area contributed by atoms with Crippen molar-refractivity contribution in [1.82, 2.24) is 15.8 Å². The predicted molar refractivity (Wildman–Crippen MR) is 104 cm³/mol. The molecule has 142 valence electrons. The molecule has 2 heterocycles. The molecule has 2 aromatic rings. The van der Waals surface area contributed by atoms with Crippen LogP contribution >= 0.6 is 0 Å². The Hall–Kier alpha value is -2.44. The molecule has 0 aliphatic carbocycles. The number of hydrogen-bond donors (Lipinski definition) is 2. The van der Waals surface area contributed by atoms with Crippen molar-refractivity contribution in [2.75, 3.05) is 31.1 Å². The van der Waals surface area contributed by atoms with Gasteiger partial charge in [-0.25, -0.2) is 15.2 Å². The highest BCUT2D eigenvalue weighted by Gasteiger charge is 2.34. The SMILES string of the molecule is Cc1ccc(C2CC(C(=O)N3CCN(c4ccc(F)cc4)CC3)NN2)cc1. The lowest BCUT2D eigenvalue weighted by atomic mass is 10.0. The van der Waals surface area contributed by atoms with Crippen molar-refractivity contribution in [1.29, 1.82) is 0 Å². The van der Waals surface area contributed by atoms with Crippen LogP contribution in [0, 0.1) is 12.7 Å². The second-order valence-electron chi connectivity index (χ2n) is 7.33. The highest BCUT2D eigenvalue weighted by atomic mass is 19.1. The van der Waals surface area contributed by atoms with Crippen molar-refractivity contribution < 1.29 is 9.18 Å². The minimum Gasteiger partial charge on any atom is -0.368 e. The summed E-state index contributed by atoms with van der Waals surface area (Å²) in [6.45, 7) is 4.97.